The van der Waals surface area contributed by atoms with Crippen LogP contribution in [0.25, 0.3) is 44.1 Å². The molecule has 0 aliphatic carbocycles. The molecule has 5 aromatic rings. The Labute approximate surface area is 131 Å². The number of hydrogen-bond acceptors (Lipinski definition) is 4. The lowest BCUT2D eigenvalue weighted by Gasteiger charge is -2.06. The Kier molecular flexibility index (Phi) is 2.46. The molecular formula is C19H11N3O. The van der Waals surface area contributed by atoms with E-state index in [0.29, 0.717) is 0 Å². The van der Waals surface area contributed by atoms with E-state index in [-0.39, 0.29) is 0 Å². The van der Waals surface area contributed by atoms with Crippen LogP contribution in [0.15, 0.2) is 71.7 Å². The third-order valence-corrected chi connectivity index (χ3v) is 4.06. The number of hydrogen-bond donors (Lipinski definition) is 0. The first kappa shape index (κ1) is 12.3. The molecule has 4 heteroatoms. The molecule has 23 heavy (non-hydrogen) atoms. The van der Waals surface area contributed by atoms with E-state index in [0.717, 1.165) is 44.1 Å². The fourth-order valence-electron chi connectivity index (χ4n) is 3.07. The first-order valence-corrected chi connectivity index (χ1v) is 7.37. The molecule has 0 bridgehead atoms. The maximum Gasteiger partial charge on any atom is 0.155 e. The number of nitrogens with zero attached hydrogens (tertiary/aromatic N) is 3. The Bertz CT molecular complexity index is 1170. The molecule has 4 aromatic heterocycles. The van der Waals surface area contributed by atoms with Gasteiger partial charge in [-0.1, -0.05) is 24.3 Å². The van der Waals surface area contributed by atoms with E-state index in [1.807, 2.05) is 36.7 Å². The smallest absolute Gasteiger partial charge is 0.155 e. The Morgan fingerprint density at radius 2 is 1.52 bits per heavy atom. The monoisotopic (exact) mass is 297 g/mol. The van der Waals surface area contributed by atoms with Gasteiger partial charge in [0.1, 0.15) is 5.52 Å². The van der Waals surface area contributed by atoms with Gasteiger partial charge in [0.25, 0.3) is 0 Å². The average molecular weight is 297 g/mol. The molecule has 0 aliphatic rings. The second-order valence-corrected chi connectivity index (χ2v) is 5.39. The maximum absolute atomic E-state index is 5.88. The van der Waals surface area contributed by atoms with Crippen LogP contribution in [0, 0.1) is 0 Å². The lowest BCUT2D eigenvalue weighted by atomic mass is 10.0. The summed E-state index contributed by atoms with van der Waals surface area (Å²) < 4.78 is 5.88. The first-order chi connectivity index (χ1) is 11.4. The van der Waals surface area contributed by atoms with Gasteiger partial charge in [-0.3, -0.25) is 15.0 Å². The number of benzene rings is 1. The minimum Gasteiger partial charge on any atom is -0.453 e. The zero-order chi connectivity index (χ0) is 15.2. The molecule has 4 nitrogen and oxygen atoms in total. The van der Waals surface area contributed by atoms with Crippen LogP contribution in [0.5, 0.6) is 0 Å². The van der Waals surface area contributed by atoms with Crippen LogP contribution in [-0.4, -0.2) is 15.0 Å². The van der Waals surface area contributed by atoms with Crippen molar-refractivity contribution in [1.82, 2.24) is 15.0 Å². The molecule has 0 N–H and O–H groups in total. The molecule has 0 aliphatic heterocycles. The number of para-hydroxylation sites is 1. The lowest BCUT2D eigenvalue weighted by molar-refractivity contribution is 0.666. The maximum atomic E-state index is 5.88. The molecule has 0 unspecified atom stereocenters. The van der Waals surface area contributed by atoms with Gasteiger partial charge in [-0.2, -0.15) is 0 Å². The highest BCUT2D eigenvalue weighted by Crippen LogP contribution is 2.36. The fraction of sp³-hybridized carbons (Fsp3) is 0. The molecule has 1 aromatic carbocycles. The van der Waals surface area contributed by atoms with Gasteiger partial charge in [-0.05, 0) is 18.2 Å². The molecule has 108 valence electrons. The van der Waals surface area contributed by atoms with Crippen molar-refractivity contribution in [2.24, 2.45) is 0 Å². The molecule has 0 radical (unpaired) electrons. The van der Waals surface area contributed by atoms with Gasteiger partial charge in [0.15, 0.2) is 11.2 Å². The molecule has 5 rings (SSSR count). The Morgan fingerprint density at radius 1 is 0.696 bits per heavy atom. The number of furan rings is 1. The van der Waals surface area contributed by atoms with Crippen molar-refractivity contribution in [1.29, 1.82) is 0 Å². The fourth-order valence-corrected chi connectivity index (χ4v) is 3.07. The van der Waals surface area contributed by atoms with Crippen molar-refractivity contribution in [3.05, 3.63) is 67.3 Å². The number of rotatable bonds is 1. The topological polar surface area (TPSA) is 51.8 Å². The summed E-state index contributed by atoms with van der Waals surface area (Å²) in [4.78, 5) is 13.4. The SMILES string of the molecule is c1cnc2c(-c3cncc4oc5cccnc5c34)cccc2c1. The van der Waals surface area contributed by atoms with Crippen LogP contribution in [0.3, 0.4) is 0 Å². The summed E-state index contributed by atoms with van der Waals surface area (Å²) in [7, 11) is 0. The summed E-state index contributed by atoms with van der Waals surface area (Å²) in [5.74, 6) is 0. The summed E-state index contributed by atoms with van der Waals surface area (Å²) in [6.07, 6.45) is 7.18. The summed E-state index contributed by atoms with van der Waals surface area (Å²) in [6, 6.07) is 14.0. The largest absolute Gasteiger partial charge is 0.453 e. The van der Waals surface area contributed by atoms with Crippen molar-refractivity contribution in [2.45, 2.75) is 0 Å². The second-order valence-electron chi connectivity index (χ2n) is 5.39. The van der Waals surface area contributed by atoms with Crippen molar-refractivity contribution in [2.75, 3.05) is 0 Å². The zero-order valence-electron chi connectivity index (χ0n) is 12.1. The van der Waals surface area contributed by atoms with Gasteiger partial charge in [0.2, 0.25) is 0 Å². The van der Waals surface area contributed by atoms with E-state index >= 15 is 0 Å². The lowest BCUT2D eigenvalue weighted by Crippen LogP contribution is -1.87. The standard InChI is InChI=1S/C19H11N3O/c1-4-12-5-2-8-21-18(12)13(6-1)14-10-20-11-16-17(14)19-15(23-16)7-3-9-22-19/h1-11H. The normalized spacial score (nSPS) is 11.5. The van der Waals surface area contributed by atoms with Crippen LogP contribution in [0.1, 0.15) is 0 Å². The molecule has 0 atom stereocenters. The van der Waals surface area contributed by atoms with Gasteiger partial charge < -0.3 is 4.42 Å². The van der Waals surface area contributed by atoms with Gasteiger partial charge in [0, 0.05) is 35.1 Å². The van der Waals surface area contributed by atoms with Gasteiger partial charge >= 0.3 is 0 Å². The van der Waals surface area contributed by atoms with Gasteiger partial charge in [-0.15, -0.1) is 0 Å². The van der Waals surface area contributed by atoms with Crippen LogP contribution >= 0.6 is 0 Å². The zero-order valence-corrected chi connectivity index (χ0v) is 12.1. The van der Waals surface area contributed by atoms with Gasteiger partial charge in [-0.25, -0.2) is 0 Å². The van der Waals surface area contributed by atoms with Crippen LogP contribution in [0.2, 0.25) is 0 Å². The molecule has 0 amide bonds. The predicted octanol–water partition coefficient (Wildman–Crippen LogP) is 4.59. The highest BCUT2D eigenvalue weighted by Gasteiger charge is 2.15. The summed E-state index contributed by atoms with van der Waals surface area (Å²) in [6.45, 7) is 0. The highest BCUT2D eigenvalue weighted by atomic mass is 16.3. The molecule has 0 saturated carbocycles. The highest BCUT2D eigenvalue weighted by molar-refractivity contribution is 6.12. The minimum absolute atomic E-state index is 0.740. The average Bonchev–Trinajstić information content (AvgIpc) is 3.00. The van der Waals surface area contributed by atoms with Crippen molar-refractivity contribution < 1.29 is 4.42 Å². The summed E-state index contributed by atoms with van der Waals surface area (Å²) in [5.41, 5.74) is 5.34. The van der Waals surface area contributed by atoms with Crippen LogP contribution in [-0.2, 0) is 0 Å². The Balaban J connectivity index is 1.96. The van der Waals surface area contributed by atoms with E-state index in [2.05, 4.69) is 33.2 Å². The molecule has 0 fully saturated rings. The molecule has 4 heterocycles. The number of fused-ring (bicyclic) bond motifs is 4. The minimum atomic E-state index is 0.740. The van der Waals surface area contributed by atoms with Gasteiger partial charge in [0.05, 0.1) is 17.1 Å². The number of pyridine rings is 3. The van der Waals surface area contributed by atoms with E-state index in [1.165, 1.54) is 0 Å². The third kappa shape index (κ3) is 1.75. The first-order valence-electron chi connectivity index (χ1n) is 7.37. The van der Waals surface area contributed by atoms with Crippen LogP contribution < -0.4 is 0 Å². The van der Waals surface area contributed by atoms with E-state index in [4.69, 9.17) is 4.42 Å². The Morgan fingerprint density at radius 3 is 2.48 bits per heavy atom. The predicted molar refractivity (Wildman–Crippen MR) is 90.0 cm³/mol. The third-order valence-electron chi connectivity index (χ3n) is 4.06. The quantitative estimate of drug-likeness (QED) is 0.454. The second kappa shape index (κ2) is 4.61. The van der Waals surface area contributed by atoms with E-state index in [1.54, 1.807) is 12.4 Å². The van der Waals surface area contributed by atoms with Crippen molar-refractivity contribution >= 4 is 33.0 Å². The summed E-state index contributed by atoms with van der Waals surface area (Å²) >= 11 is 0. The number of aromatic nitrogens is 3. The van der Waals surface area contributed by atoms with Crippen molar-refractivity contribution in [3.63, 3.8) is 0 Å². The van der Waals surface area contributed by atoms with E-state index in [9.17, 15) is 0 Å². The van der Waals surface area contributed by atoms with E-state index < -0.39 is 0 Å². The molecular weight excluding hydrogens is 286 g/mol. The van der Waals surface area contributed by atoms with Crippen LogP contribution in [0.4, 0.5) is 0 Å². The molecule has 0 saturated heterocycles. The summed E-state index contributed by atoms with van der Waals surface area (Å²) in [5, 5.41) is 2.08. The Hall–Kier alpha value is -3.27. The molecule has 0 spiro atoms. The van der Waals surface area contributed by atoms with Crippen molar-refractivity contribution in [3.8, 4) is 11.1 Å².